The minimum absolute atomic E-state index is 0.0125. The average Bonchev–Trinajstić information content (AvgIpc) is 2.20. The number of pyridine rings is 1. The first-order chi connectivity index (χ1) is 6.89. The van der Waals surface area contributed by atoms with E-state index >= 15 is 0 Å². The van der Waals surface area contributed by atoms with Gasteiger partial charge in [0.25, 0.3) is 0 Å². The van der Waals surface area contributed by atoms with Gasteiger partial charge in [0.15, 0.2) is 0 Å². The van der Waals surface area contributed by atoms with Crippen LogP contribution in [0, 0.1) is 0 Å². The van der Waals surface area contributed by atoms with E-state index in [1.54, 1.807) is 6.92 Å². The summed E-state index contributed by atoms with van der Waals surface area (Å²) in [5.41, 5.74) is 5.53. The molecule has 0 saturated heterocycles. The van der Waals surface area contributed by atoms with Crippen molar-refractivity contribution in [3.8, 4) is 0 Å². The molecule has 1 aromatic heterocycles. The number of rotatable bonds is 3. The summed E-state index contributed by atoms with van der Waals surface area (Å²) in [5, 5.41) is 0. The summed E-state index contributed by atoms with van der Waals surface area (Å²) in [5.74, 6) is 0.0125. The molecule has 1 rings (SSSR count). The SMILES string of the molecule is CCN(C)S(=O)(=O)c1cc(Br)cnc1N. The summed E-state index contributed by atoms with van der Waals surface area (Å²) in [6.07, 6.45) is 1.46. The van der Waals surface area contributed by atoms with Gasteiger partial charge in [-0.25, -0.2) is 17.7 Å². The number of sulfonamides is 1. The van der Waals surface area contributed by atoms with Crippen molar-refractivity contribution in [2.24, 2.45) is 0 Å². The van der Waals surface area contributed by atoms with Crippen LogP contribution in [-0.4, -0.2) is 31.3 Å². The third kappa shape index (κ3) is 2.47. The van der Waals surface area contributed by atoms with Crippen molar-refractivity contribution < 1.29 is 8.42 Å². The normalized spacial score (nSPS) is 12.0. The Bertz CT molecular complexity index is 461. The molecule has 15 heavy (non-hydrogen) atoms. The van der Waals surface area contributed by atoms with Gasteiger partial charge in [0.1, 0.15) is 10.7 Å². The highest BCUT2D eigenvalue weighted by molar-refractivity contribution is 9.10. The smallest absolute Gasteiger partial charge is 0.246 e. The van der Waals surface area contributed by atoms with Gasteiger partial charge in [-0.05, 0) is 22.0 Å². The molecule has 0 radical (unpaired) electrons. The summed E-state index contributed by atoms with van der Waals surface area (Å²) >= 11 is 3.16. The number of nitrogen functional groups attached to an aromatic ring is 1. The largest absolute Gasteiger partial charge is 0.383 e. The highest BCUT2D eigenvalue weighted by Gasteiger charge is 2.22. The zero-order valence-electron chi connectivity index (χ0n) is 8.44. The Kier molecular flexibility index (Phi) is 3.69. The van der Waals surface area contributed by atoms with Gasteiger partial charge in [0, 0.05) is 24.3 Å². The molecule has 0 atom stereocenters. The van der Waals surface area contributed by atoms with Gasteiger partial charge >= 0.3 is 0 Å². The Hall–Kier alpha value is -0.660. The molecule has 84 valence electrons. The van der Waals surface area contributed by atoms with Gasteiger partial charge in [0.2, 0.25) is 10.0 Å². The van der Waals surface area contributed by atoms with Crippen LogP contribution in [0.25, 0.3) is 0 Å². The van der Waals surface area contributed by atoms with Crippen LogP contribution in [0.3, 0.4) is 0 Å². The standard InChI is InChI=1S/C8H12BrN3O2S/c1-3-12(2)15(13,14)7-4-6(9)5-11-8(7)10/h4-5H,3H2,1-2H3,(H2,10,11). The maximum atomic E-state index is 11.9. The molecular weight excluding hydrogens is 282 g/mol. The summed E-state index contributed by atoms with van der Waals surface area (Å²) in [4.78, 5) is 3.82. The quantitative estimate of drug-likeness (QED) is 0.904. The predicted octanol–water partition coefficient (Wildman–Crippen LogP) is 1.07. The first-order valence-electron chi connectivity index (χ1n) is 4.27. The zero-order valence-corrected chi connectivity index (χ0v) is 10.8. The Morgan fingerprint density at radius 2 is 2.20 bits per heavy atom. The van der Waals surface area contributed by atoms with Crippen LogP contribution in [0.1, 0.15) is 6.92 Å². The van der Waals surface area contributed by atoms with Crippen LogP contribution < -0.4 is 5.73 Å². The topological polar surface area (TPSA) is 76.3 Å². The minimum Gasteiger partial charge on any atom is -0.383 e. The van der Waals surface area contributed by atoms with Gasteiger partial charge in [-0.15, -0.1) is 0 Å². The number of nitrogens with two attached hydrogens (primary N) is 1. The Balaban J connectivity index is 3.33. The molecular formula is C8H12BrN3O2S. The fourth-order valence-corrected chi connectivity index (χ4v) is 2.73. The van der Waals surface area contributed by atoms with Crippen molar-refractivity contribution in [2.75, 3.05) is 19.3 Å². The second-order valence-corrected chi connectivity index (χ2v) is 5.89. The minimum atomic E-state index is -3.53. The Morgan fingerprint density at radius 3 is 2.73 bits per heavy atom. The molecule has 0 unspecified atom stereocenters. The molecule has 0 aromatic carbocycles. The molecule has 0 fully saturated rings. The van der Waals surface area contributed by atoms with E-state index < -0.39 is 10.0 Å². The van der Waals surface area contributed by atoms with Gasteiger partial charge in [-0.2, -0.15) is 0 Å². The molecule has 0 saturated carbocycles. The Labute approximate surface area is 97.5 Å². The molecule has 1 aromatic rings. The lowest BCUT2D eigenvalue weighted by Gasteiger charge is -2.15. The van der Waals surface area contributed by atoms with Crippen LogP contribution in [0.5, 0.6) is 0 Å². The van der Waals surface area contributed by atoms with Gasteiger partial charge < -0.3 is 5.73 Å². The van der Waals surface area contributed by atoms with Gasteiger partial charge in [-0.3, -0.25) is 0 Å². The van der Waals surface area contributed by atoms with Crippen LogP contribution in [0.15, 0.2) is 21.6 Å². The van der Waals surface area contributed by atoms with Crippen molar-refractivity contribution >= 4 is 31.8 Å². The van der Waals surface area contributed by atoms with Crippen LogP contribution >= 0.6 is 15.9 Å². The number of anilines is 1. The summed E-state index contributed by atoms with van der Waals surface area (Å²) in [6, 6.07) is 1.45. The first-order valence-corrected chi connectivity index (χ1v) is 6.50. The maximum absolute atomic E-state index is 11.9. The summed E-state index contributed by atoms with van der Waals surface area (Å²) in [7, 11) is -2.03. The van der Waals surface area contributed by atoms with Crippen molar-refractivity contribution in [3.63, 3.8) is 0 Å². The number of nitrogens with zero attached hydrogens (tertiary/aromatic N) is 2. The molecule has 0 bridgehead atoms. The van der Waals surface area contributed by atoms with Crippen molar-refractivity contribution in [1.29, 1.82) is 0 Å². The third-order valence-electron chi connectivity index (χ3n) is 1.98. The Morgan fingerprint density at radius 1 is 1.60 bits per heavy atom. The van der Waals surface area contributed by atoms with Crippen molar-refractivity contribution in [1.82, 2.24) is 9.29 Å². The van der Waals surface area contributed by atoms with Crippen LogP contribution in [-0.2, 0) is 10.0 Å². The number of hydrogen-bond acceptors (Lipinski definition) is 4. The van der Waals surface area contributed by atoms with Crippen molar-refractivity contribution in [3.05, 3.63) is 16.7 Å². The second-order valence-electron chi connectivity index (χ2n) is 2.96. The molecule has 7 heteroatoms. The van der Waals surface area contributed by atoms with Gasteiger partial charge in [0.05, 0.1) is 0 Å². The molecule has 1 heterocycles. The fraction of sp³-hybridized carbons (Fsp3) is 0.375. The average molecular weight is 294 g/mol. The van der Waals surface area contributed by atoms with E-state index in [0.717, 1.165) is 0 Å². The molecule has 0 aliphatic rings. The van der Waals surface area contributed by atoms with Crippen LogP contribution in [0.4, 0.5) is 5.82 Å². The second kappa shape index (κ2) is 4.46. The molecule has 0 aliphatic heterocycles. The predicted molar refractivity (Wildman–Crippen MR) is 61.8 cm³/mol. The highest BCUT2D eigenvalue weighted by Crippen LogP contribution is 2.22. The van der Waals surface area contributed by atoms with E-state index in [4.69, 9.17) is 5.73 Å². The van der Waals surface area contributed by atoms with E-state index in [2.05, 4.69) is 20.9 Å². The first kappa shape index (κ1) is 12.4. The van der Waals surface area contributed by atoms with E-state index in [9.17, 15) is 8.42 Å². The van der Waals surface area contributed by atoms with E-state index in [0.29, 0.717) is 11.0 Å². The lowest BCUT2D eigenvalue weighted by atomic mass is 10.5. The monoisotopic (exact) mass is 293 g/mol. The van der Waals surface area contributed by atoms with Crippen molar-refractivity contribution in [2.45, 2.75) is 11.8 Å². The molecule has 2 N–H and O–H groups in total. The number of halogens is 1. The highest BCUT2D eigenvalue weighted by atomic mass is 79.9. The lowest BCUT2D eigenvalue weighted by Crippen LogP contribution is -2.27. The summed E-state index contributed by atoms with van der Waals surface area (Å²) in [6.45, 7) is 2.13. The van der Waals surface area contributed by atoms with Gasteiger partial charge in [-0.1, -0.05) is 6.92 Å². The zero-order chi connectivity index (χ0) is 11.6. The lowest BCUT2D eigenvalue weighted by molar-refractivity contribution is 0.486. The van der Waals surface area contributed by atoms with E-state index in [1.165, 1.54) is 23.6 Å². The number of aromatic nitrogens is 1. The molecule has 5 nitrogen and oxygen atoms in total. The number of hydrogen-bond donors (Lipinski definition) is 1. The maximum Gasteiger partial charge on any atom is 0.246 e. The third-order valence-corrected chi connectivity index (χ3v) is 4.38. The van der Waals surface area contributed by atoms with E-state index in [-0.39, 0.29) is 10.7 Å². The fourth-order valence-electron chi connectivity index (χ4n) is 0.976. The molecule has 0 amide bonds. The van der Waals surface area contributed by atoms with Crippen LogP contribution in [0.2, 0.25) is 0 Å². The van der Waals surface area contributed by atoms with E-state index in [1.807, 2.05) is 0 Å². The molecule has 0 spiro atoms. The molecule has 0 aliphatic carbocycles. The summed E-state index contributed by atoms with van der Waals surface area (Å²) < 4.78 is 25.6.